The lowest BCUT2D eigenvalue weighted by Crippen LogP contribution is -2.35. The predicted octanol–water partition coefficient (Wildman–Crippen LogP) is 3.19. The number of para-hydroxylation sites is 1. The molecule has 0 saturated carbocycles. The Kier molecular flexibility index (Phi) is 11.6. The number of benzene rings is 1. The van der Waals surface area contributed by atoms with Gasteiger partial charge in [0.15, 0.2) is 0 Å². The van der Waals surface area contributed by atoms with Crippen LogP contribution in [0.3, 0.4) is 0 Å². The van der Waals surface area contributed by atoms with Gasteiger partial charge in [0.1, 0.15) is 12.6 Å². The number of carbonyl (C=O) groups is 1. The monoisotopic (exact) mass is 335 g/mol. The number of esters is 1. The van der Waals surface area contributed by atoms with Crippen LogP contribution in [0.1, 0.15) is 33.3 Å². The summed E-state index contributed by atoms with van der Waals surface area (Å²) in [6.07, 6.45) is 2.38. The second-order valence-electron chi connectivity index (χ2n) is 5.14. The maximum absolute atomic E-state index is 11.8. The van der Waals surface area contributed by atoms with Crippen molar-refractivity contribution in [2.24, 2.45) is 5.73 Å². The fourth-order valence-corrected chi connectivity index (χ4v) is 2.06. The normalized spacial score (nSPS) is 11.2. The molecule has 0 aliphatic heterocycles. The van der Waals surface area contributed by atoms with Crippen molar-refractivity contribution in [3.8, 4) is 0 Å². The number of nitrogens with one attached hydrogen (secondary N) is 1. The van der Waals surface area contributed by atoms with Gasteiger partial charge in [-0.3, -0.25) is 4.79 Å². The molecule has 0 spiro atoms. The van der Waals surface area contributed by atoms with Crippen LogP contribution in [0, 0.1) is 0 Å². The average molecular weight is 335 g/mol. The molecule has 0 radical (unpaired) electrons. The molecule has 0 amide bonds. The molecule has 136 valence electrons. The largest absolute Gasteiger partial charge is 0.463 e. The van der Waals surface area contributed by atoms with Crippen molar-refractivity contribution >= 4 is 16.9 Å². The second kappa shape index (κ2) is 12.6. The molecule has 1 unspecified atom stereocenters. The minimum atomic E-state index is -0.628. The molecular weight excluding hydrogens is 302 g/mol. The molecule has 1 aromatic carbocycles. The standard InChI is InChI=1S/C15H21N3O2.2C2H6/c1-18(2)7-8-20-15(19)13(16)9-11-10-17-14-6-4-3-5-12(11)14;2*1-2/h3-6,10,13,17H,7-9,16H2,1-2H3;2*1-2H3. The van der Waals surface area contributed by atoms with Crippen LogP contribution in [0.5, 0.6) is 0 Å². The van der Waals surface area contributed by atoms with E-state index in [0.717, 1.165) is 16.5 Å². The van der Waals surface area contributed by atoms with Crippen LogP contribution in [-0.2, 0) is 16.0 Å². The van der Waals surface area contributed by atoms with E-state index in [2.05, 4.69) is 4.98 Å². The molecule has 0 saturated heterocycles. The summed E-state index contributed by atoms with van der Waals surface area (Å²) in [4.78, 5) is 16.9. The van der Waals surface area contributed by atoms with Gasteiger partial charge >= 0.3 is 5.97 Å². The average Bonchev–Trinajstić information content (AvgIpc) is 3.01. The number of ether oxygens (including phenoxy) is 1. The van der Waals surface area contributed by atoms with Gasteiger partial charge in [0.05, 0.1) is 0 Å². The van der Waals surface area contributed by atoms with E-state index in [1.165, 1.54) is 0 Å². The Morgan fingerprint density at radius 1 is 1.21 bits per heavy atom. The molecule has 0 bridgehead atoms. The number of nitrogens with two attached hydrogens (primary N) is 1. The number of aromatic amines is 1. The van der Waals surface area contributed by atoms with Gasteiger partial charge in [0, 0.05) is 30.1 Å². The van der Waals surface area contributed by atoms with Crippen molar-refractivity contribution in [1.82, 2.24) is 9.88 Å². The Hall–Kier alpha value is -1.85. The lowest BCUT2D eigenvalue weighted by molar-refractivity contribution is -0.145. The number of hydrogen-bond donors (Lipinski definition) is 2. The van der Waals surface area contributed by atoms with Gasteiger partial charge in [-0.05, 0) is 25.7 Å². The summed E-state index contributed by atoms with van der Waals surface area (Å²) in [6, 6.07) is 7.33. The lowest BCUT2D eigenvalue weighted by atomic mass is 10.1. The van der Waals surface area contributed by atoms with Gasteiger partial charge in [-0.15, -0.1) is 0 Å². The van der Waals surface area contributed by atoms with E-state index in [-0.39, 0.29) is 5.97 Å². The van der Waals surface area contributed by atoms with Crippen LogP contribution < -0.4 is 5.73 Å². The highest BCUT2D eigenvalue weighted by molar-refractivity contribution is 5.84. The van der Waals surface area contributed by atoms with Crippen molar-refractivity contribution in [2.45, 2.75) is 40.2 Å². The van der Waals surface area contributed by atoms with Crippen molar-refractivity contribution in [1.29, 1.82) is 0 Å². The number of rotatable bonds is 6. The number of H-pyrrole nitrogens is 1. The third-order valence-corrected chi connectivity index (χ3v) is 3.20. The van der Waals surface area contributed by atoms with Crippen LogP contribution in [0.15, 0.2) is 30.5 Å². The number of likely N-dealkylation sites (N-methyl/N-ethyl adjacent to an activating group) is 1. The third-order valence-electron chi connectivity index (χ3n) is 3.20. The number of carbonyl (C=O) groups excluding carboxylic acids is 1. The summed E-state index contributed by atoms with van der Waals surface area (Å²) in [5, 5.41) is 1.10. The van der Waals surface area contributed by atoms with Gasteiger partial charge in [0.2, 0.25) is 0 Å². The summed E-state index contributed by atoms with van der Waals surface area (Å²) < 4.78 is 5.16. The molecule has 1 heterocycles. The summed E-state index contributed by atoms with van der Waals surface area (Å²) in [7, 11) is 3.86. The summed E-state index contributed by atoms with van der Waals surface area (Å²) >= 11 is 0. The van der Waals surface area contributed by atoms with E-state index >= 15 is 0 Å². The van der Waals surface area contributed by atoms with Crippen LogP contribution in [-0.4, -0.2) is 49.1 Å². The summed E-state index contributed by atoms with van der Waals surface area (Å²) in [5.41, 5.74) is 8.01. The third kappa shape index (κ3) is 7.15. The molecule has 0 fully saturated rings. The maximum Gasteiger partial charge on any atom is 0.323 e. The molecule has 5 nitrogen and oxygen atoms in total. The minimum absolute atomic E-state index is 0.350. The van der Waals surface area contributed by atoms with Crippen LogP contribution in [0.4, 0.5) is 0 Å². The Morgan fingerprint density at radius 2 is 1.83 bits per heavy atom. The predicted molar refractivity (Wildman–Crippen MR) is 102 cm³/mol. The molecule has 0 aliphatic carbocycles. The Labute approximate surface area is 146 Å². The van der Waals surface area contributed by atoms with E-state index in [9.17, 15) is 4.79 Å². The van der Waals surface area contributed by atoms with E-state index < -0.39 is 6.04 Å². The van der Waals surface area contributed by atoms with Crippen molar-refractivity contribution in [2.75, 3.05) is 27.2 Å². The number of nitrogens with zero attached hydrogens (tertiary/aromatic N) is 1. The van der Waals surface area contributed by atoms with Gasteiger partial charge in [-0.25, -0.2) is 0 Å². The van der Waals surface area contributed by atoms with Crippen LogP contribution >= 0.6 is 0 Å². The fourth-order valence-electron chi connectivity index (χ4n) is 2.06. The molecule has 5 heteroatoms. The Bertz CT molecular complexity index is 579. The summed E-state index contributed by atoms with van der Waals surface area (Å²) in [6.45, 7) is 9.07. The van der Waals surface area contributed by atoms with Crippen molar-refractivity contribution in [3.05, 3.63) is 36.0 Å². The van der Waals surface area contributed by atoms with Crippen molar-refractivity contribution in [3.63, 3.8) is 0 Å². The number of hydrogen-bond acceptors (Lipinski definition) is 4. The SMILES string of the molecule is CC.CC.CN(C)CCOC(=O)C(N)Cc1c[nH]c2ccccc12. The zero-order valence-corrected chi connectivity index (χ0v) is 15.9. The quantitative estimate of drug-likeness (QED) is 0.795. The first-order valence-corrected chi connectivity index (χ1v) is 8.70. The maximum atomic E-state index is 11.8. The number of aromatic nitrogens is 1. The Morgan fingerprint density at radius 3 is 2.46 bits per heavy atom. The lowest BCUT2D eigenvalue weighted by Gasteiger charge is -2.13. The number of fused-ring (bicyclic) bond motifs is 1. The minimum Gasteiger partial charge on any atom is -0.463 e. The van der Waals surface area contributed by atoms with Gasteiger partial charge in [-0.1, -0.05) is 45.9 Å². The molecule has 1 atom stereocenters. The van der Waals surface area contributed by atoms with Crippen LogP contribution in [0.2, 0.25) is 0 Å². The smallest absolute Gasteiger partial charge is 0.323 e. The van der Waals surface area contributed by atoms with Crippen LogP contribution in [0.25, 0.3) is 10.9 Å². The van der Waals surface area contributed by atoms with E-state index in [0.29, 0.717) is 19.6 Å². The molecule has 1 aromatic heterocycles. The topological polar surface area (TPSA) is 71.3 Å². The van der Waals surface area contributed by atoms with E-state index in [1.807, 2.05) is 77.2 Å². The second-order valence-corrected chi connectivity index (χ2v) is 5.14. The Balaban J connectivity index is 0.00000123. The molecule has 2 aromatic rings. The molecular formula is C19H33N3O2. The first kappa shape index (κ1) is 22.1. The van der Waals surface area contributed by atoms with Gasteiger partial charge < -0.3 is 20.4 Å². The van der Waals surface area contributed by atoms with Gasteiger partial charge in [0.25, 0.3) is 0 Å². The molecule has 2 rings (SSSR count). The first-order chi connectivity index (χ1) is 11.6. The summed E-state index contributed by atoms with van der Waals surface area (Å²) in [5.74, 6) is -0.350. The zero-order chi connectivity index (χ0) is 18.5. The highest BCUT2D eigenvalue weighted by atomic mass is 16.5. The molecule has 0 aliphatic rings. The molecule has 3 N–H and O–H groups in total. The fraction of sp³-hybridized carbons (Fsp3) is 0.526. The van der Waals surface area contributed by atoms with Gasteiger partial charge in [-0.2, -0.15) is 0 Å². The molecule has 24 heavy (non-hydrogen) atoms. The highest BCUT2D eigenvalue weighted by Crippen LogP contribution is 2.18. The first-order valence-electron chi connectivity index (χ1n) is 8.70. The zero-order valence-electron chi connectivity index (χ0n) is 15.9. The van der Waals surface area contributed by atoms with E-state index in [4.69, 9.17) is 10.5 Å². The highest BCUT2D eigenvalue weighted by Gasteiger charge is 2.17. The van der Waals surface area contributed by atoms with E-state index in [1.54, 1.807) is 0 Å². The van der Waals surface area contributed by atoms with Crippen molar-refractivity contribution < 1.29 is 9.53 Å².